The van der Waals surface area contributed by atoms with Crippen LogP contribution in [0.4, 0.5) is 5.69 Å². The number of carbonyl (C=O) groups is 1. The van der Waals surface area contributed by atoms with Crippen molar-refractivity contribution in [3.8, 4) is 5.75 Å². The summed E-state index contributed by atoms with van der Waals surface area (Å²) < 4.78 is 5.52. The van der Waals surface area contributed by atoms with Crippen LogP contribution in [-0.2, 0) is 6.54 Å². The summed E-state index contributed by atoms with van der Waals surface area (Å²) >= 11 is 0. The second kappa shape index (κ2) is 10.0. The minimum absolute atomic E-state index is 0.0822. The van der Waals surface area contributed by atoms with Crippen molar-refractivity contribution in [2.75, 3.05) is 25.1 Å². The molecule has 1 fully saturated rings. The van der Waals surface area contributed by atoms with Crippen LogP contribution in [0.5, 0.6) is 5.75 Å². The number of hydrogen-bond donors (Lipinski definition) is 0. The van der Waals surface area contributed by atoms with Crippen molar-refractivity contribution in [1.82, 2.24) is 4.90 Å². The molecular formula is C28H32N2O2. The average molecular weight is 429 g/mol. The highest BCUT2D eigenvalue weighted by molar-refractivity contribution is 6.06. The third-order valence-electron chi connectivity index (χ3n) is 6.31. The van der Waals surface area contributed by atoms with Gasteiger partial charge in [-0.3, -0.25) is 9.69 Å². The number of carbonyl (C=O) groups excluding carboxylic acids is 1. The Bertz CT molecular complexity index is 1050. The van der Waals surface area contributed by atoms with Gasteiger partial charge in [-0.05, 0) is 62.6 Å². The maximum Gasteiger partial charge on any atom is 0.258 e. The molecule has 3 aromatic carbocycles. The van der Waals surface area contributed by atoms with E-state index in [2.05, 4.69) is 42.2 Å². The van der Waals surface area contributed by atoms with E-state index >= 15 is 0 Å². The van der Waals surface area contributed by atoms with Gasteiger partial charge in [-0.25, -0.2) is 0 Å². The Labute approximate surface area is 191 Å². The Balaban J connectivity index is 1.52. The number of aryl methyl sites for hydroxylation is 2. The molecule has 1 aliphatic rings. The van der Waals surface area contributed by atoms with Crippen molar-refractivity contribution in [3.05, 3.63) is 95.1 Å². The van der Waals surface area contributed by atoms with Crippen LogP contribution in [0.15, 0.2) is 72.8 Å². The van der Waals surface area contributed by atoms with Crippen LogP contribution >= 0.6 is 0 Å². The zero-order valence-corrected chi connectivity index (χ0v) is 19.3. The Kier molecular flexibility index (Phi) is 6.91. The Morgan fingerprint density at radius 1 is 0.938 bits per heavy atom. The van der Waals surface area contributed by atoms with Crippen molar-refractivity contribution in [1.29, 1.82) is 0 Å². The highest BCUT2D eigenvalue weighted by Gasteiger charge is 2.30. The largest absolute Gasteiger partial charge is 0.496 e. The Hall–Kier alpha value is -3.11. The van der Waals surface area contributed by atoms with E-state index in [1.165, 1.54) is 5.56 Å². The van der Waals surface area contributed by atoms with E-state index in [0.29, 0.717) is 0 Å². The molecule has 1 amide bonds. The maximum atomic E-state index is 13.6. The number of methoxy groups -OCH3 is 1. The second-order valence-corrected chi connectivity index (χ2v) is 8.70. The number of nitrogens with zero attached hydrogens (tertiary/aromatic N) is 2. The number of anilines is 1. The lowest BCUT2D eigenvalue weighted by atomic mass is 9.99. The minimum atomic E-state index is 0.0822. The number of hydrogen-bond acceptors (Lipinski definition) is 3. The summed E-state index contributed by atoms with van der Waals surface area (Å²) in [6.45, 7) is 6.89. The van der Waals surface area contributed by atoms with Crippen molar-refractivity contribution in [2.45, 2.75) is 39.3 Å². The summed E-state index contributed by atoms with van der Waals surface area (Å²) in [5, 5.41) is 0. The first-order valence-corrected chi connectivity index (χ1v) is 11.4. The highest BCUT2D eigenvalue weighted by atomic mass is 16.5. The molecule has 0 atom stereocenters. The normalized spacial score (nSPS) is 14.8. The summed E-state index contributed by atoms with van der Waals surface area (Å²) in [5.74, 6) is 1.02. The molecule has 0 saturated carbocycles. The third kappa shape index (κ3) is 5.03. The van der Waals surface area contributed by atoms with Crippen LogP contribution in [0.1, 0.15) is 39.9 Å². The Morgan fingerprint density at radius 3 is 2.34 bits per heavy atom. The zero-order valence-electron chi connectivity index (χ0n) is 19.3. The highest BCUT2D eigenvalue weighted by Crippen LogP contribution is 2.28. The first-order valence-electron chi connectivity index (χ1n) is 11.4. The molecule has 4 heteroatoms. The standard InChI is InChI=1S/C28H32N2O2/c1-21-11-13-23(14-12-21)28(31)30(26-9-6-7-22(2)19-26)25-15-17-29(18-16-25)20-24-8-4-5-10-27(24)32-3/h4-14,19,25H,15-18,20H2,1-3H3. The van der Waals surface area contributed by atoms with Crippen LogP contribution in [0.25, 0.3) is 0 Å². The fraction of sp³-hybridized carbons (Fsp3) is 0.321. The van der Waals surface area contributed by atoms with Crippen LogP contribution in [0.3, 0.4) is 0 Å². The molecule has 0 radical (unpaired) electrons. The van der Waals surface area contributed by atoms with Gasteiger partial charge in [0.1, 0.15) is 5.75 Å². The molecule has 4 rings (SSSR count). The van der Waals surface area contributed by atoms with Crippen LogP contribution in [-0.4, -0.2) is 37.0 Å². The van der Waals surface area contributed by atoms with Gasteiger partial charge in [-0.15, -0.1) is 0 Å². The van der Waals surface area contributed by atoms with Gasteiger partial charge in [0.05, 0.1) is 7.11 Å². The third-order valence-corrected chi connectivity index (χ3v) is 6.31. The smallest absolute Gasteiger partial charge is 0.258 e. The summed E-state index contributed by atoms with van der Waals surface area (Å²) in [7, 11) is 1.72. The molecule has 0 aromatic heterocycles. The molecule has 32 heavy (non-hydrogen) atoms. The number of rotatable bonds is 6. The van der Waals surface area contributed by atoms with Crippen molar-refractivity contribution in [3.63, 3.8) is 0 Å². The molecule has 1 saturated heterocycles. The molecule has 166 valence electrons. The van der Waals surface area contributed by atoms with E-state index in [9.17, 15) is 4.79 Å². The minimum Gasteiger partial charge on any atom is -0.496 e. The Morgan fingerprint density at radius 2 is 1.66 bits per heavy atom. The van der Waals surface area contributed by atoms with Crippen LogP contribution in [0.2, 0.25) is 0 Å². The van der Waals surface area contributed by atoms with Gasteiger partial charge in [0.2, 0.25) is 0 Å². The molecule has 0 bridgehead atoms. The second-order valence-electron chi connectivity index (χ2n) is 8.70. The van der Waals surface area contributed by atoms with E-state index in [1.807, 2.05) is 54.3 Å². The SMILES string of the molecule is COc1ccccc1CN1CCC(N(C(=O)c2ccc(C)cc2)c2cccc(C)c2)CC1. The number of piperidine rings is 1. The molecule has 0 aliphatic carbocycles. The number of para-hydroxylation sites is 1. The number of likely N-dealkylation sites (tertiary alicyclic amines) is 1. The molecule has 1 heterocycles. The van der Waals surface area contributed by atoms with Gasteiger partial charge in [0.15, 0.2) is 0 Å². The monoisotopic (exact) mass is 428 g/mol. The summed E-state index contributed by atoms with van der Waals surface area (Å²) in [5.41, 5.74) is 5.26. The van der Waals surface area contributed by atoms with Gasteiger partial charge in [-0.2, -0.15) is 0 Å². The molecule has 4 nitrogen and oxygen atoms in total. The fourth-order valence-electron chi connectivity index (χ4n) is 4.52. The molecule has 0 spiro atoms. The molecular weight excluding hydrogens is 396 g/mol. The van der Waals surface area contributed by atoms with Gasteiger partial charge >= 0.3 is 0 Å². The van der Waals surface area contributed by atoms with Crippen molar-refractivity contribution in [2.24, 2.45) is 0 Å². The lowest BCUT2D eigenvalue weighted by Gasteiger charge is -2.39. The van der Waals surface area contributed by atoms with E-state index in [4.69, 9.17) is 4.74 Å². The number of amides is 1. The first kappa shape index (κ1) is 22.1. The molecule has 0 unspecified atom stereocenters. The lowest BCUT2D eigenvalue weighted by molar-refractivity contribution is 0.0958. The molecule has 0 N–H and O–H groups in total. The average Bonchev–Trinajstić information content (AvgIpc) is 2.81. The van der Waals surface area contributed by atoms with Crippen molar-refractivity contribution < 1.29 is 9.53 Å². The van der Waals surface area contributed by atoms with Gasteiger partial charge < -0.3 is 9.64 Å². The topological polar surface area (TPSA) is 32.8 Å². The van der Waals surface area contributed by atoms with Gasteiger partial charge in [0.25, 0.3) is 5.91 Å². The van der Waals surface area contributed by atoms with E-state index in [-0.39, 0.29) is 11.9 Å². The van der Waals surface area contributed by atoms with Gasteiger partial charge in [0, 0.05) is 42.5 Å². The fourth-order valence-corrected chi connectivity index (χ4v) is 4.52. The summed E-state index contributed by atoms with van der Waals surface area (Å²) in [6, 6.07) is 24.6. The van der Waals surface area contributed by atoms with E-state index < -0.39 is 0 Å². The molecule has 3 aromatic rings. The summed E-state index contributed by atoms with van der Waals surface area (Å²) in [4.78, 5) is 18.1. The van der Waals surface area contributed by atoms with Gasteiger partial charge in [-0.1, -0.05) is 48.0 Å². The summed E-state index contributed by atoms with van der Waals surface area (Å²) in [6.07, 6.45) is 1.89. The zero-order chi connectivity index (χ0) is 22.5. The van der Waals surface area contributed by atoms with Crippen molar-refractivity contribution >= 4 is 11.6 Å². The van der Waals surface area contributed by atoms with Crippen LogP contribution in [0, 0.1) is 13.8 Å². The lowest BCUT2D eigenvalue weighted by Crippen LogP contribution is -2.47. The molecule has 1 aliphatic heterocycles. The predicted molar refractivity (Wildman–Crippen MR) is 130 cm³/mol. The predicted octanol–water partition coefficient (Wildman–Crippen LogP) is 5.62. The van der Waals surface area contributed by atoms with E-state index in [1.54, 1.807) is 7.11 Å². The number of ether oxygens (including phenoxy) is 1. The quantitative estimate of drug-likeness (QED) is 0.511. The number of benzene rings is 3. The maximum absolute atomic E-state index is 13.6. The van der Waals surface area contributed by atoms with E-state index in [0.717, 1.165) is 60.6 Å². The first-order chi connectivity index (χ1) is 15.5. The van der Waals surface area contributed by atoms with Crippen LogP contribution < -0.4 is 9.64 Å².